The molecule has 1 amide bonds. The molecule has 0 saturated carbocycles. The van der Waals surface area contributed by atoms with Gasteiger partial charge in [-0.25, -0.2) is 0 Å². The third-order valence-electron chi connectivity index (χ3n) is 4.14. The number of hydrogen-bond donors (Lipinski definition) is 2. The monoisotopic (exact) mass is 316 g/mol. The van der Waals surface area contributed by atoms with Crippen molar-refractivity contribution in [2.75, 3.05) is 18.1 Å². The van der Waals surface area contributed by atoms with Gasteiger partial charge in [-0.05, 0) is 42.4 Å². The van der Waals surface area contributed by atoms with Crippen molar-refractivity contribution in [3.05, 3.63) is 42.1 Å². The van der Waals surface area contributed by atoms with Crippen LogP contribution in [-0.2, 0) is 11.2 Å². The molecule has 1 aromatic carbocycles. The van der Waals surface area contributed by atoms with Crippen LogP contribution in [0.1, 0.15) is 18.4 Å². The topological polar surface area (TPSA) is 62.2 Å². The quantitative estimate of drug-likeness (QED) is 0.907. The van der Waals surface area contributed by atoms with Gasteiger partial charge in [-0.1, -0.05) is 24.3 Å². The summed E-state index contributed by atoms with van der Waals surface area (Å²) in [6, 6.07) is 10.0. The summed E-state index contributed by atoms with van der Waals surface area (Å²) < 4.78 is 0. The molecule has 22 heavy (non-hydrogen) atoms. The minimum atomic E-state index is -1.18. The first-order valence-corrected chi connectivity index (χ1v) is 8.76. The zero-order valence-electron chi connectivity index (χ0n) is 12.4. The molecule has 2 heterocycles. The number of rotatable bonds is 4. The maximum absolute atomic E-state index is 12.2. The van der Waals surface area contributed by atoms with E-state index in [-0.39, 0.29) is 5.91 Å². The predicted octanol–water partition coefficient (Wildman–Crippen LogP) is 2.15. The molecular weight excluding hydrogens is 296 g/mol. The molecule has 0 unspecified atom stereocenters. The van der Waals surface area contributed by atoms with Gasteiger partial charge in [0.15, 0.2) is 0 Å². The third-order valence-corrected chi connectivity index (χ3v) is 5.12. The van der Waals surface area contributed by atoms with Crippen molar-refractivity contribution in [1.82, 2.24) is 10.3 Å². The van der Waals surface area contributed by atoms with Crippen LogP contribution in [-0.4, -0.2) is 39.6 Å². The van der Waals surface area contributed by atoms with Crippen molar-refractivity contribution in [3.63, 3.8) is 0 Å². The highest BCUT2D eigenvalue weighted by molar-refractivity contribution is 7.99. The van der Waals surface area contributed by atoms with Crippen LogP contribution in [0.3, 0.4) is 0 Å². The van der Waals surface area contributed by atoms with E-state index in [0.29, 0.717) is 25.8 Å². The van der Waals surface area contributed by atoms with Gasteiger partial charge in [0.2, 0.25) is 0 Å². The Kier molecular flexibility index (Phi) is 4.64. The summed E-state index contributed by atoms with van der Waals surface area (Å²) in [5.74, 6) is 1.45. The first kappa shape index (κ1) is 15.3. The first-order valence-electron chi connectivity index (χ1n) is 7.60. The van der Waals surface area contributed by atoms with Gasteiger partial charge in [-0.3, -0.25) is 9.78 Å². The van der Waals surface area contributed by atoms with Crippen LogP contribution in [0.5, 0.6) is 0 Å². The molecule has 3 rings (SSSR count). The lowest BCUT2D eigenvalue weighted by Gasteiger charge is -2.30. The van der Waals surface area contributed by atoms with E-state index >= 15 is 0 Å². The minimum absolute atomic E-state index is 0.235. The number of amides is 1. The van der Waals surface area contributed by atoms with E-state index in [9.17, 15) is 9.90 Å². The standard InChI is InChI=1S/C17H20N2O2S/c20-16(17(21)7-11-22-12-8-17)19-10-6-14-4-1-3-13-5-2-9-18-15(13)14/h1-5,9,21H,6-8,10-12H2,(H,19,20). The number of thioether (sulfide) groups is 1. The summed E-state index contributed by atoms with van der Waals surface area (Å²) in [6.07, 6.45) is 3.58. The highest BCUT2D eigenvalue weighted by atomic mass is 32.2. The molecule has 0 radical (unpaired) electrons. The predicted molar refractivity (Wildman–Crippen MR) is 90.0 cm³/mol. The molecule has 0 atom stereocenters. The lowest BCUT2D eigenvalue weighted by molar-refractivity contribution is -0.140. The fourth-order valence-electron chi connectivity index (χ4n) is 2.78. The van der Waals surface area contributed by atoms with Gasteiger partial charge >= 0.3 is 0 Å². The van der Waals surface area contributed by atoms with Crippen molar-refractivity contribution in [1.29, 1.82) is 0 Å². The molecular formula is C17H20N2O2S. The zero-order valence-corrected chi connectivity index (χ0v) is 13.2. The van der Waals surface area contributed by atoms with Crippen LogP contribution >= 0.6 is 11.8 Å². The molecule has 1 saturated heterocycles. The number of fused-ring (bicyclic) bond motifs is 1. The van der Waals surface area contributed by atoms with Gasteiger partial charge < -0.3 is 10.4 Å². The van der Waals surface area contributed by atoms with Gasteiger partial charge in [0.05, 0.1) is 5.52 Å². The summed E-state index contributed by atoms with van der Waals surface area (Å²) in [4.78, 5) is 16.6. The van der Waals surface area contributed by atoms with Crippen LogP contribution in [0.15, 0.2) is 36.5 Å². The van der Waals surface area contributed by atoms with E-state index in [2.05, 4.69) is 10.3 Å². The van der Waals surface area contributed by atoms with Crippen LogP contribution in [0, 0.1) is 0 Å². The maximum Gasteiger partial charge on any atom is 0.252 e. The van der Waals surface area contributed by atoms with Gasteiger partial charge in [-0.2, -0.15) is 11.8 Å². The number of carbonyl (C=O) groups excluding carboxylic acids is 1. The lowest BCUT2D eigenvalue weighted by atomic mass is 9.95. The van der Waals surface area contributed by atoms with E-state index < -0.39 is 5.60 Å². The Labute approximate surface area is 134 Å². The maximum atomic E-state index is 12.2. The van der Waals surface area contributed by atoms with E-state index in [1.807, 2.05) is 30.3 Å². The Bertz CT molecular complexity index is 663. The van der Waals surface area contributed by atoms with E-state index in [0.717, 1.165) is 28.0 Å². The van der Waals surface area contributed by atoms with Crippen molar-refractivity contribution >= 4 is 28.6 Å². The van der Waals surface area contributed by atoms with Crippen molar-refractivity contribution < 1.29 is 9.90 Å². The van der Waals surface area contributed by atoms with E-state index in [1.165, 1.54) is 0 Å². The number of pyridine rings is 1. The molecule has 1 aliphatic rings. The molecule has 1 aromatic heterocycles. The average molecular weight is 316 g/mol. The Morgan fingerprint density at radius 1 is 1.27 bits per heavy atom. The zero-order chi connectivity index (χ0) is 15.4. The average Bonchev–Trinajstić information content (AvgIpc) is 2.55. The van der Waals surface area contributed by atoms with Crippen LogP contribution in [0.4, 0.5) is 0 Å². The number of para-hydroxylation sites is 1. The molecule has 4 nitrogen and oxygen atoms in total. The fourth-order valence-corrected chi connectivity index (χ4v) is 3.95. The van der Waals surface area contributed by atoms with Gasteiger partial charge in [-0.15, -0.1) is 0 Å². The van der Waals surface area contributed by atoms with Crippen LogP contribution in [0.25, 0.3) is 10.9 Å². The number of nitrogens with one attached hydrogen (secondary N) is 1. The van der Waals surface area contributed by atoms with Crippen molar-refractivity contribution in [2.45, 2.75) is 24.9 Å². The van der Waals surface area contributed by atoms with Crippen LogP contribution in [0.2, 0.25) is 0 Å². The SMILES string of the molecule is O=C(NCCc1cccc2cccnc12)C1(O)CCSCC1. The third kappa shape index (κ3) is 3.25. The molecule has 0 aliphatic carbocycles. The molecule has 116 valence electrons. The highest BCUT2D eigenvalue weighted by Gasteiger charge is 2.36. The second kappa shape index (κ2) is 6.67. The number of nitrogens with zero attached hydrogens (tertiary/aromatic N) is 1. The van der Waals surface area contributed by atoms with Crippen molar-refractivity contribution in [3.8, 4) is 0 Å². The Morgan fingerprint density at radius 2 is 2.05 bits per heavy atom. The van der Waals surface area contributed by atoms with Gasteiger partial charge in [0, 0.05) is 18.1 Å². The number of hydrogen-bond acceptors (Lipinski definition) is 4. The molecule has 2 aromatic rings. The molecule has 5 heteroatoms. The number of carbonyl (C=O) groups is 1. The molecule has 0 bridgehead atoms. The van der Waals surface area contributed by atoms with Gasteiger partial charge in [0.25, 0.3) is 5.91 Å². The minimum Gasteiger partial charge on any atom is -0.380 e. The van der Waals surface area contributed by atoms with Gasteiger partial charge in [0.1, 0.15) is 5.60 Å². The normalized spacial score (nSPS) is 17.3. The smallest absolute Gasteiger partial charge is 0.252 e. The van der Waals surface area contributed by atoms with Crippen LogP contribution < -0.4 is 5.32 Å². The molecule has 1 fully saturated rings. The fraction of sp³-hybridized carbons (Fsp3) is 0.412. The Hall–Kier alpha value is -1.59. The summed E-state index contributed by atoms with van der Waals surface area (Å²) in [6.45, 7) is 0.518. The molecule has 2 N–H and O–H groups in total. The lowest BCUT2D eigenvalue weighted by Crippen LogP contribution is -2.49. The number of aliphatic hydroxyl groups is 1. The molecule has 1 aliphatic heterocycles. The summed E-state index contributed by atoms with van der Waals surface area (Å²) in [7, 11) is 0. The number of aromatic nitrogens is 1. The largest absolute Gasteiger partial charge is 0.380 e. The van der Waals surface area contributed by atoms with E-state index in [1.54, 1.807) is 18.0 Å². The first-order chi connectivity index (χ1) is 10.7. The molecule has 0 spiro atoms. The van der Waals surface area contributed by atoms with E-state index in [4.69, 9.17) is 0 Å². The number of benzene rings is 1. The second-order valence-electron chi connectivity index (χ2n) is 5.64. The highest BCUT2D eigenvalue weighted by Crippen LogP contribution is 2.27. The summed E-state index contributed by atoms with van der Waals surface area (Å²) in [5.41, 5.74) is 0.916. The second-order valence-corrected chi connectivity index (χ2v) is 6.87. The van der Waals surface area contributed by atoms with Crippen molar-refractivity contribution in [2.24, 2.45) is 0 Å². The summed E-state index contributed by atoms with van der Waals surface area (Å²) in [5, 5.41) is 14.4. The Morgan fingerprint density at radius 3 is 2.86 bits per heavy atom. The summed E-state index contributed by atoms with van der Waals surface area (Å²) >= 11 is 1.79. The Balaban J connectivity index is 1.61.